The molecule has 0 aliphatic heterocycles. The largest absolute Gasteiger partial charge is 0.464 e. The van der Waals surface area contributed by atoms with Crippen LogP contribution in [0, 0.1) is 0 Å². The van der Waals surface area contributed by atoms with Gasteiger partial charge in [0.15, 0.2) is 0 Å². The standard InChI is InChI=1S/C8H8Br2O/c9-5-2-1-3-8-7(10)4-6-11-8/h1,3-4,6H,2,5H2/b3-1+. The Balaban J connectivity index is 2.56. The second kappa shape index (κ2) is 4.78. The summed E-state index contributed by atoms with van der Waals surface area (Å²) < 4.78 is 6.16. The molecule has 0 spiro atoms. The van der Waals surface area contributed by atoms with Crippen LogP contribution in [0.25, 0.3) is 6.08 Å². The summed E-state index contributed by atoms with van der Waals surface area (Å²) in [4.78, 5) is 0. The van der Waals surface area contributed by atoms with Crippen molar-refractivity contribution in [2.24, 2.45) is 0 Å². The number of hydrogen-bond acceptors (Lipinski definition) is 1. The van der Waals surface area contributed by atoms with E-state index in [2.05, 4.69) is 37.9 Å². The normalized spacial score (nSPS) is 11.1. The van der Waals surface area contributed by atoms with Gasteiger partial charge in [0.05, 0.1) is 10.7 Å². The molecule has 1 rings (SSSR count). The summed E-state index contributed by atoms with van der Waals surface area (Å²) in [7, 11) is 0. The minimum Gasteiger partial charge on any atom is -0.464 e. The molecule has 1 heterocycles. The third kappa shape index (κ3) is 2.83. The molecule has 1 aromatic rings. The van der Waals surface area contributed by atoms with Gasteiger partial charge in [-0.2, -0.15) is 0 Å². The number of furan rings is 1. The van der Waals surface area contributed by atoms with E-state index in [1.807, 2.05) is 12.1 Å². The summed E-state index contributed by atoms with van der Waals surface area (Å²) in [6.07, 6.45) is 6.72. The lowest BCUT2D eigenvalue weighted by Gasteiger charge is -1.85. The summed E-state index contributed by atoms with van der Waals surface area (Å²) in [6, 6.07) is 1.88. The van der Waals surface area contributed by atoms with Crippen molar-refractivity contribution in [3.05, 3.63) is 28.6 Å². The molecule has 0 unspecified atom stereocenters. The van der Waals surface area contributed by atoms with Gasteiger partial charge in [0.25, 0.3) is 0 Å². The third-order valence-corrected chi connectivity index (χ3v) is 2.30. The van der Waals surface area contributed by atoms with Crippen LogP contribution in [0.3, 0.4) is 0 Å². The molecule has 0 aliphatic carbocycles. The SMILES string of the molecule is BrCC/C=C/c1occc1Br. The van der Waals surface area contributed by atoms with Gasteiger partial charge in [-0.3, -0.25) is 0 Å². The molecule has 0 amide bonds. The van der Waals surface area contributed by atoms with E-state index in [4.69, 9.17) is 4.42 Å². The van der Waals surface area contributed by atoms with Crippen LogP contribution in [-0.4, -0.2) is 5.33 Å². The Kier molecular flexibility index (Phi) is 3.94. The predicted octanol–water partition coefficient (Wildman–Crippen LogP) is 3.84. The third-order valence-electron chi connectivity index (χ3n) is 1.19. The number of rotatable bonds is 3. The molecule has 1 aromatic heterocycles. The van der Waals surface area contributed by atoms with Crippen molar-refractivity contribution in [2.75, 3.05) is 5.33 Å². The van der Waals surface area contributed by atoms with Crippen LogP contribution in [0.5, 0.6) is 0 Å². The summed E-state index contributed by atoms with van der Waals surface area (Å²) in [6.45, 7) is 0. The van der Waals surface area contributed by atoms with E-state index in [-0.39, 0.29) is 0 Å². The Hall–Kier alpha value is -0.0200. The maximum atomic E-state index is 5.16. The van der Waals surface area contributed by atoms with E-state index in [9.17, 15) is 0 Å². The molecule has 0 fully saturated rings. The first kappa shape index (κ1) is 9.07. The summed E-state index contributed by atoms with van der Waals surface area (Å²) >= 11 is 6.70. The summed E-state index contributed by atoms with van der Waals surface area (Å²) in [5, 5.41) is 0.988. The van der Waals surface area contributed by atoms with Gasteiger partial charge in [-0.25, -0.2) is 0 Å². The lowest BCUT2D eigenvalue weighted by Crippen LogP contribution is -1.67. The summed E-state index contributed by atoms with van der Waals surface area (Å²) in [5.41, 5.74) is 0. The van der Waals surface area contributed by atoms with Gasteiger partial charge in [-0.1, -0.05) is 22.0 Å². The van der Waals surface area contributed by atoms with Gasteiger partial charge in [-0.15, -0.1) is 0 Å². The molecule has 60 valence electrons. The summed E-state index contributed by atoms with van der Waals surface area (Å²) in [5.74, 6) is 0.881. The van der Waals surface area contributed by atoms with Crippen LogP contribution < -0.4 is 0 Å². The Morgan fingerprint density at radius 2 is 2.36 bits per heavy atom. The maximum Gasteiger partial charge on any atom is 0.140 e. The first-order chi connectivity index (χ1) is 5.34. The topological polar surface area (TPSA) is 13.1 Å². The van der Waals surface area contributed by atoms with Crippen LogP contribution in [0.2, 0.25) is 0 Å². The van der Waals surface area contributed by atoms with E-state index < -0.39 is 0 Å². The minimum atomic E-state index is 0.881. The fourth-order valence-corrected chi connectivity index (χ4v) is 1.28. The molecule has 0 aliphatic rings. The van der Waals surface area contributed by atoms with E-state index in [0.717, 1.165) is 22.0 Å². The lowest BCUT2D eigenvalue weighted by atomic mass is 10.3. The minimum absolute atomic E-state index is 0.881. The highest BCUT2D eigenvalue weighted by atomic mass is 79.9. The molecule has 0 atom stereocenters. The van der Waals surface area contributed by atoms with Gasteiger partial charge < -0.3 is 4.42 Å². The van der Waals surface area contributed by atoms with Crippen LogP contribution >= 0.6 is 31.9 Å². The highest BCUT2D eigenvalue weighted by molar-refractivity contribution is 9.10. The van der Waals surface area contributed by atoms with Crippen LogP contribution in [0.15, 0.2) is 27.3 Å². The van der Waals surface area contributed by atoms with Gasteiger partial charge >= 0.3 is 0 Å². The van der Waals surface area contributed by atoms with Crippen LogP contribution in [-0.2, 0) is 0 Å². The Morgan fingerprint density at radius 3 is 2.91 bits per heavy atom. The molecular weight excluding hydrogens is 272 g/mol. The molecule has 0 saturated heterocycles. The zero-order valence-electron chi connectivity index (χ0n) is 5.89. The van der Waals surface area contributed by atoms with Gasteiger partial charge in [0.1, 0.15) is 5.76 Å². The Labute approximate surface area is 82.7 Å². The molecule has 0 bridgehead atoms. The molecule has 0 N–H and O–H groups in total. The maximum absolute atomic E-state index is 5.16. The molecular formula is C8H8Br2O. The Bertz CT molecular complexity index is 240. The van der Waals surface area contributed by atoms with Gasteiger partial charge in [0.2, 0.25) is 0 Å². The first-order valence-electron chi connectivity index (χ1n) is 3.30. The number of allylic oxidation sites excluding steroid dienone is 1. The monoisotopic (exact) mass is 278 g/mol. The van der Waals surface area contributed by atoms with Crippen molar-refractivity contribution in [2.45, 2.75) is 6.42 Å². The fraction of sp³-hybridized carbons (Fsp3) is 0.250. The van der Waals surface area contributed by atoms with Crippen LogP contribution in [0.1, 0.15) is 12.2 Å². The molecule has 0 radical (unpaired) electrons. The number of alkyl halides is 1. The first-order valence-corrected chi connectivity index (χ1v) is 5.21. The molecule has 0 aromatic carbocycles. The van der Waals surface area contributed by atoms with E-state index in [1.54, 1.807) is 6.26 Å². The average Bonchev–Trinajstić information content (AvgIpc) is 2.37. The van der Waals surface area contributed by atoms with E-state index >= 15 is 0 Å². The van der Waals surface area contributed by atoms with Crippen molar-refractivity contribution in [1.82, 2.24) is 0 Å². The molecule has 11 heavy (non-hydrogen) atoms. The smallest absolute Gasteiger partial charge is 0.140 e. The second-order valence-corrected chi connectivity index (χ2v) is 3.66. The van der Waals surface area contributed by atoms with Crippen molar-refractivity contribution in [3.63, 3.8) is 0 Å². The second-order valence-electron chi connectivity index (χ2n) is 2.01. The lowest BCUT2D eigenvalue weighted by molar-refractivity contribution is 0.555. The predicted molar refractivity (Wildman–Crippen MR) is 53.9 cm³/mol. The van der Waals surface area contributed by atoms with E-state index in [0.29, 0.717) is 0 Å². The Morgan fingerprint density at radius 1 is 1.55 bits per heavy atom. The fourth-order valence-electron chi connectivity index (χ4n) is 0.678. The zero-order valence-corrected chi connectivity index (χ0v) is 9.06. The van der Waals surface area contributed by atoms with Crippen molar-refractivity contribution in [3.8, 4) is 0 Å². The zero-order chi connectivity index (χ0) is 8.10. The molecule has 3 heteroatoms. The van der Waals surface area contributed by atoms with Crippen LogP contribution in [0.4, 0.5) is 0 Å². The van der Waals surface area contributed by atoms with E-state index in [1.165, 1.54) is 0 Å². The van der Waals surface area contributed by atoms with Gasteiger partial charge in [0, 0.05) is 5.33 Å². The average molecular weight is 280 g/mol. The molecule has 0 saturated carbocycles. The van der Waals surface area contributed by atoms with Crippen molar-refractivity contribution >= 4 is 37.9 Å². The highest BCUT2D eigenvalue weighted by Gasteiger charge is 1.96. The van der Waals surface area contributed by atoms with Crippen molar-refractivity contribution < 1.29 is 4.42 Å². The molecule has 1 nitrogen and oxygen atoms in total. The highest BCUT2D eigenvalue weighted by Crippen LogP contribution is 2.18. The number of hydrogen-bond donors (Lipinski definition) is 0. The quantitative estimate of drug-likeness (QED) is 0.767. The van der Waals surface area contributed by atoms with Crippen molar-refractivity contribution in [1.29, 1.82) is 0 Å². The number of halogens is 2. The van der Waals surface area contributed by atoms with Gasteiger partial charge in [-0.05, 0) is 34.5 Å².